The summed E-state index contributed by atoms with van der Waals surface area (Å²) in [6, 6.07) is 3.94. The number of hydrazine groups is 1. The Labute approximate surface area is 75.3 Å². The van der Waals surface area contributed by atoms with Crippen LogP contribution in [0.3, 0.4) is 0 Å². The molecular weight excluding hydrogens is 194 g/mol. The van der Waals surface area contributed by atoms with Gasteiger partial charge in [0.05, 0.1) is 5.69 Å². The summed E-state index contributed by atoms with van der Waals surface area (Å²) >= 11 is 0. The summed E-state index contributed by atoms with van der Waals surface area (Å²) in [5.41, 5.74) is 7.79. The first-order chi connectivity index (χ1) is 5.95. The second-order valence-corrected chi connectivity index (χ2v) is 3.76. The lowest BCUT2D eigenvalue weighted by Gasteiger charge is -2.06. The molecule has 0 radical (unpaired) electrons. The van der Waals surface area contributed by atoms with Gasteiger partial charge in [-0.15, -0.1) is 0 Å². The number of benzene rings is 1. The molecule has 1 rings (SSSR count). The monoisotopic (exact) mass is 203 g/mol. The third-order valence-electron chi connectivity index (χ3n) is 1.44. The standard InChI is InChI=1S/C6H9N3O3S/c7-4-1-2-5(9-8)6(3-4)13(10,11)12/h1-3,9H,7-8H2,(H,10,11,12). The summed E-state index contributed by atoms with van der Waals surface area (Å²) in [5, 5.41) is 0. The predicted octanol–water partition coefficient (Wildman–Crippen LogP) is -0.199. The van der Waals surface area contributed by atoms with E-state index in [4.69, 9.17) is 16.1 Å². The zero-order chi connectivity index (χ0) is 10.1. The Morgan fingerprint density at radius 1 is 1.38 bits per heavy atom. The van der Waals surface area contributed by atoms with Gasteiger partial charge in [0.1, 0.15) is 4.90 Å². The molecule has 13 heavy (non-hydrogen) atoms. The number of nitrogen functional groups attached to an aromatic ring is 2. The largest absolute Gasteiger partial charge is 0.399 e. The number of nitrogens with two attached hydrogens (primary N) is 2. The fourth-order valence-electron chi connectivity index (χ4n) is 0.872. The molecule has 6 nitrogen and oxygen atoms in total. The van der Waals surface area contributed by atoms with Crippen molar-refractivity contribution in [3.8, 4) is 0 Å². The first kappa shape index (κ1) is 9.78. The molecule has 0 aromatic heterocycles. The molecule has 0 saturated carbocycles. The molecule has 0 atom stereocenters. The first-order valence-electron chi connectivity index (χ1n) is 3.29. The SMILES string of the molecule is NNc1ccc(N)cc1S(=O)(=O)O. The van der Waals surface area contributed by atoms with Crippen molar-refractivity contribution >= 4 is 21.5 Å². The fourth-order valence-corrected chi connectivity index (χ4v) is 1.56. The number of hydrogen-bond acceptors (Lipinski definition) is 5. The highest BCUT2D eigenvalue weighted by atomic mass is 32.2. The molecule has 1 aromatic rings. The molecule has 0 unspecified atom stereocenters. The van der Waals surface area contributed by atoms with Gasteiger partial charge in [-0.05, 0) is 18.2 Å². The summed E-state index contributed by atoms with van der Waals surface area (Å²) in [6.07, 6.45) is 0. The van der Waals surface area contributed by atoms with Crippen molar-refractivity contribution in [3.63, 3.8) is 0 Å². The fraction of sp³-hybridized carbons (Fsp3) is 0. The lowest BCUT2D eigenvalue weighted by Crippen LogP contribution is -2.12. The Kier molecular flexibility index (Phi) is 2.41. The van der Waals surface area contributed by atoms with E-state index in [2.05, 4.69) is 5.43 Å². The second-order valence-electron chi connectivity index (χ2n) is 2.38. The van der Waals surface area contributed by atoms with Crippen LogP contribution in [-0.2, 0) is 10.1 Å². The summed E-state index contributed by atoms with van der Waals surface area (Å²) < 4.78 is 30.3. The van der Waals surface area contributed by atoms with Crippen LogP contribution in [0.2, 0.25) is 0 Å². The van der Waals surface area contributed by atoms with Gasteiger partial charge in [-0.1, -0.05) is 0 Å². The number of nitrogens with one attached hydrogen (secondary N) is 1. The molecule has 0 aliphatic carbocycles. The second kappa shape index (κ2) is 3.21. The zero-order valence-electron chi connectivity index (χ0n) is 6.56. The van der Waals surface area contributed by atoms with Crippen LogP contribution in [0.4, 0.5) is 11.4 Å². The Morgan fingerprint density at radius 3 is 2.46 bits per heavy atom. The third kappa shape index (κ3) is 2.08. The van der Waals surface area contributed by atoms with E-state index in [1.165, 1.54) is 12.1 Å². The van der Waals surface area contributed by atoms with Gasteiger partial charge in [0.2, 0.25) is 0 Å². The molecule has 0 fully saturated rings. The maximum Gasteiger partial charge on any atom is 0.296 e. The summed E-state index contributed by atoms with van der Waals surface area (Å²) in [4.78, 5) is -0.338. The Balaban J connectivity index is 3.41. The minimum atomic E-state index is -4.29. The highest BCUT2D eigenvalue weighted by Gasteiger charge is 2.14. The molecular formula is C6H9N3O3S. The van der Waals surface area contributed by atoms with E-state index >= 15 is 0 Å². The van der Waals surface area contributed by atoms with Gasteiger partial charge < -0.3 is 11.2 Å². The molecule has 0 heterocycles. The Bertz CT molecular complexity index is 415. The Morgan fingerprint density at radius 2 is 2.00 bits per heavy atom. The van der Waals surface area contributed by atoms with E-state index in [0.717, 1.165) is 6.07 Å². The average molecular weight is 203 g/mol. The normalized spacial score (nSPS) is 11.2. The van der Waals surface area contributed by atoms with Gasteiger partial charge >= 0.3 is 0 Å². The molecule has 6 N–H and O–H groups in total. The van der Waals surface area contributed by atoms with Crippen molar-refractivity contribution in [3.05, 3.63) is 18.2 Å². The van der Waals surface area contributed by atoms with Gasteiger partial charge in [-0.3, -0.25) is 10.4 Å². The van der Waals surface area contributed by atoms with Gasteiger partial charge in [0.15, 0.2) is 0 Å². The van der Waals surface area contributed by atoms with Gasteiger partial charge in [-0.25, -0.2) is 0 Å². The highest BCUT2D eigenvalue weighted by Crippen LogP contribution is 2.22. The van der Waals surface area contributed by atoms with Crippen LogP contribution in [0.1, 0.15) is 0 Å². The van der Waals surface area contributed by atoms with Crippen LogP contribution < -0.4 is 17.0 Å². The van der Waals surface area contributed by atoms with Crippen molar-refractivity contribution in [2.45, 2.75) is 4.90 Å². The molecule has 7 heteroatoms. The molecule has 0 amide bonds. The lowest BCUT2D eigenvalue weighted by molar-refractivity contribution is 0.483. The van der Waals surface area contributed by atoms with Crippen molar-refractivity contribution in [2.24, 2.45) is 5.84 Å². The molecule has 72 valence electrons. The highest BCUT2D eigenvalue weighted by molar-refractivity contribution is 7.86. The maximum absolute atomic E-state index is 10.8. The van der Waals surface area contributed by atoms with E-state index in [0.29, 0.717) is 0 Å². The van der Waals surface area contributed by atoms with Crippen molar-refractivity contribution in [2.75, 3.05) is 11.2 Å². The van der Waals surface area contributed by atoms with Gasteiger partial charge in [0, 0.05) is 5.69 Å². The quantitative estimate of drug-likeness (QED) is 0.229. The lowest BCUT2D eigenvalue weighted by atomic mass is 10.3. The number of hydrogen-bond donors (Lipinski definition) is 4. The number of anilines is 2. The summed E-state index contributed by atoms with van der Waals surface area (Å²) in [7, 11) is -4.29. The zero-order valence-corrected chi connectivity index (χ0v) is 7.38. The molecule has 0 aliphatic rings. The van der Waals surface area contributed by atoms with Gasteiger partial charge in [-0.2, -0.15) is 8.42 Å². The topological polar surface area (TPSA) is 118 Å². The van der Waals surface area contributed by atoms with E-state index in [9.17, 15) is 8.42 Å². The van der Waals surface area contributed by atoms with E-state index in [1.54, 1.807) is 0 Å². The van der Waals surface area contributed by atoms with Crippen molar-refractivity contribution in [1.82, 2.24) is 0 Å². The smallest absolute Gasteiger partial charge is 0.296 e. The summed E-state index contributed by atoms with van der Waals surface area (Å²) in [5.74, 6) is 5.03. The van der Waals surface area contributed by atoms with E-state index in [-0.39, 0.29) is 16.3 Å². The maximum atomic E-state index is 10.8. The predicted molar refractivity (Wildman–Crippen MR) is 48.5 cm³/mol. The van der Waals surface area contributed by atoms with Crippen LogP contribution in [0.5, 0.6) is 0 Å². The molecule has 1 aromatic carbocycles. The van der Waals surface area contributed by atoms with Crippen LogP contribution in [0.15, 0.2) is 23.1 Å². The molecule has 0 aliphatic heterocycles. The molecule has 0 spiro atoms. The van der Waals surface area contributed by atoms with Crippen LogP contribution in [0.25, 0.3) is 0 Å². The van der Waals surface area contributed by atoms with E-state index < -0.39 is 10.1 Å². The minimum absolute atomic E-state index is 0.0942. The molecule has 0 saturated heterocycles. The summed E-state index contributed by atoms with van der Waals surface area (Å²) in [6.45, 7) is 0. The van der Waals surface area contributed by atoms with Crippen LogP contribution in [0, 0.1) is 0 Å². The number of rotatable bonds is 2. The van der Waals surface area contributed by atoms with Crippen molar-refractivity contribution < 1.29 is 13.0 Å². The minimum Gasteiger partial charge on any atom is -0.399 e. The average Bonchev–Trinajstić information content (AvgIpc) is 2.03. The molecule has 0 bridgehead atoms. The Hall–Kier alpha value is -1.31. The first-order valence-corrected chi connectivity index (χ1v) is 4.73. The van der Waals surface area contributed by atoms with Gasteiger partial charge in [0.25, 0.3) is 10.1 Å². The van der Waals surface area contributed by atoms with E-state index in [1.807, 2.05) is 0 Å². The van der Waals surface area contributed by atoms with Crippen LogP contribution >= 0.6 is 0 Å². The third-order valence-corrected chi connectivity index (χ3v) is 2.33. The van der Waals surface area contributed by atoms with Crippen LogP contribution in [-0.4, -0.2) is 13.0 Å². The van der Waals surface area contributed by atoms with Crippen molar-refractivity contribution in [1.29, 1.82) is 0 Å².